The van der Waals surface area contributed by atoms with Crippen molar-refractivity contribution in [2.24, 2.45) is 0 Å². The molecule has 1 aromatic heterocycles. The number of rotatable bonds is 6. The van der Waals surface area contributed by atoms with Gasteiger partial charge in [-0.1, -0.05) is 0 Å². The maximum absolute atomic E-state index is 7.34. The summed E-state index contributed by atoms with van der Waals surface area (Å²) in [6.45, 7) is 2.58. The Morgan fingerprint density at radius 1 is 1.25 bits per heavy atom. The molecule has 3 aromatic rings. The number of nitrogens with zero attached hydrogens (tertiary/aromatic N) is 2. The summed E-state index contributed by atoms with van der Waals surface area (Å²) in [5, 5.41) is 17.5. The molecule has 24 heavy (non-hydrogen) atoms. The zero-order chi connectivity index (χ0) is 16.9. The third kappa shape index (κ3) is 3.35. The predicted octanol–water partition coefficient (Wildman–Crippen LogP) is 3.19. The van der Waals surface area contributed by atoms with Crippen molar-refractivity contribution >= 4 is 23.5 Å². The van der Waals surface area contributed by atoms with Crippen LogP contribution in [0, 0.1) is 5.41 Å². The van der Waals surface area contributed by atoms with Crippen molar-refractivity contribution in [2.75, 3.05) is 17.7 Å². The molecule has 7 nitrogen and oxygen atoms in total. The van der Waals surface area contributed by atoms with E-state index in [4.69, 9.17) is 15.9 Å². The van der Waals surface area contributed by atoms with E-state index < -0.39 is 0 Å². The van der Waals surface area contributed by atoms with Crippen LogP contribution in [0.5, 0.6) is 5.75 Å². The van der Waals surface area contributed by atoms with Crippen LogP contribution in [-0.4, -0.2) is 28.0 Å². The molecule has 122 valence electrons. The maximum atomic E-state index is 7.34. The number of nitrogen functional groups attached to an aromatic ring is 1. The van der Waals surface area contributed by atoms with E-state index in [9.17, 15) is 0 Å². The monoisotopic (exact) mass is 322 g/mol. The van der Waals surface area contributed by atoms with E-state index in [-0.39, 0.29) is 0 Å². The Hall–Kier alpha value is -3.35. The molecule has 0 fully saturated rings. The van der Waals surface area contributed by atoms with Crippen LogP contribution in [0.1, 0.15) is 12.5 Å². The lowest BCUT2D eigenvalue weighted by Crippen LogP contribution is -1.97. The van der Waals surface area contributed by atoms with Gasteiger partial charge in [-0.3, -0.25) is 5.10 Å². The smallest absolute Gasteiger partial charge is 0.246 e. The van der Waals surface area contributed by atoms with Gasteiger partial charge in [0.15, 0.2) is 5.82 Å². The lowest BCUT2D eigenvalue weighted by molar-refractivity contribution is 0.340. The summed E-state index contributed by atoms with van der Waals surface area (Å²) in [6.07, 6.45) is 1.21. The number of benzene rings is 2. The summed E-state index contributed by atoms with van der Waals surface area (Å²) < 4.78 is 5.43. The maximum Gasteiger partial charge on any atom is 0.246 e. The quantitative estimate of drug-likeness (QED) is 0.411. The number of nitrogens with one attached hydrogen (secondary N) is 3. The summed E-state index contributed by atoms with van der Waals surface area (Å²) >= 11 is 0. The number of H-pyrrole nitrogens is 1. The molecule has 0 bridgehead atoms. The van der Waals surface area contributed by atoms with E-state index in [0.717, 1.165) is 17.0 Å². The Bertz CT molecular complexity index is 841. The highest BCUT2D eigenvalue weighted by molar-refractivity contribution is 5.87. The number of aromatic nitrogens is 3. The standard InChI is InChI=1S/C17H18N6O/c1-2-24-14-6-3-11(4-7-14)16-21-17(23-22-16)20-13-5-8-15(19)12(9-13)10-18/h3-10,18H,2,19H2,1H3,(H2,20,21,22,23). The van der Waals surface area contributed by atoms with Crippen LogP contribution in [0.15, 0.2) is 42.5 Å². The van der Waals surface area contributed by atoms with Gasteiger partial charge in [0.2, 0.25) is 5.95 Å². The van der Waals surface area contributed by atoms with Crippen LogP contribution in [0.4, 0.5) is 17.3 Å². The molecule has 0 saturated heterocycles. The summed E-state index contributed by atoms with van der Waals surface area (Å²) in [6, 6.07) is 13.0. The summed E-state index contributed by atoms with van der Waals surface area (Å²) in [7, 11) is 0. The third-order valence-electron chi connectivity index (χ3n) is 3.42. The lowest BCUT2D eigenvalue weighted by Gasteiger charge is -2.05. The lowest BCUT2D eigenvalue weighted by atomic mass is 10.2. The topological polar surface area (TPSA) is 113 Å². The first kappa shape index (κ1) is 15.5. The minimum Gasteiger partial charge on any atom is -0.494 e. The van der Waals surface area contributed by atoms with Crippen LogP contribution in [0.25, 0.3) is 11.4 Å². The zero-order valence-corrected chi connectivity index (χ0v) is 13.2. The molecule has 0 aliphatic heterocycles. The van der Waals surface area contributed by atoms with Crippen molar-refractivity contribution in [2.45, 2.75) is 6.92 Å². The molecule has 0 saturated carbocycles. The van der Waals surface area contributed by atoms with Gasteiger partial charge in [0, 0.05) is 28.7 Å². The summed E-state index contributed by atoms with van der Waals surface area (Å²) in [5.41, 5.74) is 8.65. The third-order valence-corrected chi connectivity index (χ3v) is 3.42. The van der Waals surface area contributed by atoms with Gasteiger partial charge in [-0.15, -0.1) is 5.10 Å². The molecule has 2 aromatic carbocycles. The van der Waals surface area contributed by atoms with Gasteiger partial charge in [-0.25, -0.2) is 0 Å². The van der Waals surface area contributed by atoms with E-state index in [1.165, 1.54) is 6.21 Å². The van der Waals surface area contributed by atoms with Gasteiger partial charge in [0.05, 0.1) is 6.61 Å². The Morgan fingerprint density at radius 2 is 2.04 bits per heavy atom. The van der Waals surface area contributed by atoms with E-state index in [2.05, 4.69) is 20.5 Å². The number of aromatic amines is 1. The second-order valence-electron chi connectivity index (χ2n) is 5.08. The first-order valence-electron chi connectivity index (χ1n) is 7.52. The molecule has 0 aliphatic carbocycles. The van der Waals surface area contributed by atoms with Gasteiger partial charge in [0.25, 0.3) is 0 Å². The molecule has 0 spiro atoms. The van der Waals surface area contributed by atoms with Gasteiger partial charge >= 0.3 is 0 Å². The highest BCUT2D eigenvalue weighted by Gasteiger charge is 2.07. The number of hydrogen-bond acceptors (Lipinski definition) is 6. The fourth-order valence-electron chi connectivity index (χ4n) is 2.23. The number of nitrogens with two attached hydrogens (primary N) is 1. The second kappa shape index (κ2) is 6.82. The number of anilines is 3. The first-order valence-corrected chi connectivity index (χ1v) is 7.52. The summed E-state index contributed by atoms with van der Waals surface area (Å²) in [4.78, 5) is 4.42. The van der Waals surface area contributed by atoms with Crippen molar-refractivity contribution < 1.29 is 4.74 Å². The minimum absolute atomic E-state index is 0.444. The Morgan fingerprint density at radius 3 is 2.75 bits per heavy atom. The van der Waals surface area contributed by atoms with Crippen LogP contribution < -0.4 is 15.8 Å². The van der Waals surface area contributed by atoms with Crippen molar-refractivity contribution in [3.8, 4) is 17.1 Å². The Balaban J connectivity index is 1.76. The molecular weight excluding hydrogens is 304 g/mol. The molecule has 1 heterocycles. The average Bonchev–Trinajstić information content (AvgIpc) is 3.06. The van der Waals surface area contributed by atoms with Gasteiger partial charge in [-0.2, -0.15) is 4.98 Å². The molecule has 0 unspecified atom stereocenters. The van der Waals surface area contributed by atoms with Crippen molar-refractivity contribution in [1.82, 2.24) is 15.2 Å². The largest absolute Gasteiger partial charge is 0.494 e. The van der Waals surface area contributed by atoms with Crippen LogP contribution in [0.2, 0.25) is 0 Å². The van der Waals surface area contributed by atoms with E-state index in [0.29, 0.717) is 29.6 Å². The molecule has 3 rings (SSSR count). The predicted molar refractivity (Wildman–Crippen MR) is 95.0 cm³/mol. The van der Waals surface area contributed by atoms with E-state index in [1.54, 1.807) is 12.1 Å². The second-order valence-corrected chi connectivity index (χ2v) is 5.08. The van der Waals surface area contributed by atoms with E-state index in [1.807, 2.05) is 37.3 Å². The highest BCUT2D eigenvalue weighted by atomic mass is 16.5. The van der Waals surface area contributed by atoms with Gasteiger partial charge in [-0.05, 0) is 49.4 Å². The molecule has 5 N–H and O–H groups in total. The highest BCUT2D eigenvalue weighted by Crippen LogP contribution is 2.22. The molecule has 0 atom stereocenters. The minimum atomic E-state index is 0.444. The van der Waals surface area contributed by atoms with Crippen molar-refractivity contribution in [3.05, 3.63) is 48.0 Å². The first-order chi connectivity index (χ1) is 11.7. The number of ether oxygens (including phenoxy) is 1. The van der Waals surface area contributed by atoms with Crippen molar-refractivity contribution in [1.29, 1.82) is 5.41 Å². The number of hydrogen-bond donors (Lipinski definition) is 4. The SMILES string of the molecule is CCOc1ccc(-c2nc(Nc3ccc(N)c(C=N)c3)n[nH]2)cc1. The van der Waals surface area contributed by atoms with Crippen molar-refractivity contribution in [3.63, 3.8) is 0 Å². The molecule has 0 radical (unpaired) electrons. The van der Waals surface area contributed by atoms with E-state index >= 15 is 0 Å². The van der Waals surface area contributed by atoms with Gasteiger partial charge < -0.3 is 21.2 Å². The molecule has 7 heteroatoms. The average molecular weight is 322 g/mol. The van der Waals surface area contributed by atoms with Crippen LogP contribution in [-0.2, 0) is 0 Å². The van der Waals surface area contributed by atoms with Crippen LogP contribution in [0.3, 0.4) is 0 Å². The fraction of sp³-hybridized carbons (Fsp3) is 0.118. The molecule has 0 amide bonds. The normalized spacial score (nSPS) is 10.4. The van der Waals surface area contributed by atoms with Crippen LogP contribution >= 0.6 is 0 Å². The molecule has 0 aliphatic rings. The zero-order valence-electron chi connectivity index (χ0n) is 13.2. The van der Waals surface area contributed by atoms with Gasteiger partial charge in [0.1, 0.15) is 5.75 Å². The molecular formula is C17H18N6O. The Kier molecular flexibility index (Phi) is 4.42. The fourth-order valence-corrected chi connectivity index (χ4v) is 2.23. The summed E-state index contributed by atoms with van der Waals surface area (Å²) in [5.74, 6) is 1.92. The Labute approximate surface area is 139 Å².